The van der Waals surface area contributed by atoms with Crippen LogP contribution in [0.25, 0.3) is 0 Å². The molecule has 28 heavy (non-hydrogen) atoms. The number of hydrogen-bond donors (Lipinski definition) is 1. The Bertz CT molecular complexity index is 604. The number of carbonyl (C=O) groups excluding carboxylic acids is 1. The van der Waals surface area contributed by atoms with Crippen molar-refractivity contribution in [2.45, 2.75) is 57.7 Å². The van der Waals surface area contributed by atoms with Gasteiger partial charge in [-0.1, -0.05) is 11.6 Å². The predicted molar refractivity (Wildman–Crippen MR) is 111 cm³/mol. The molecule has 3 rings (SSSR count). The standard InChI is InChI=1S/C18H31N5O3.2ClH/c1-13(25-2)18-20-16(26-21-18)12-22-7-4-8-23(10-9-22)17(24)11-14-5-3-6-15(14)19;;/h13-15H,3-12,19H2,1-2H3;2*1H/t13?,14-,15+;;/m0../s1. The van der Waals surface area contributed by atoms with E-state index in [0.29, 0.717) is 30.6 Å². The summed E-state index contributed by atoms with van der Waals surface area (Å²) in [4.78, 5) is 21.3. The zero-order valence-electron chi connectivity index (χ0n) is 16.7. The second-order valence-corrected chi connectivity index (χ2v) is 7.49. The second kappa shape index (κ2) is 11.9. The third-order valence-corrected chi connectivity index (χ3v) is 5.66. The molecule has 1 saturated heterocycles. The summed E-state index contributed by atoms with van der Waals surface area (Å²) in [5.41, 5.74) is 6.12. The molecule has 0 aromatic carbocycles. The van der Waals surface area contributed by atoms with Crippen molar-refractivity contribution in [2.75, 3.05) is 33.3 Å². The summed E-state index contributed by atoms with van der Waals surface area (Å²) in [5, 5.41) is 3.97. The molecule has 10 heteroatoms. The van der Waals surface area contributed by atoms with Gasteiger partial charge in [0, 0.05) is 45.8 Å². The minimum absolute atomic E-state index is 0. The molecular formula is C18H33Cl2N5O3. The first-order valence-corrected chi connectivity index (χ1v) is 9.67. The lowest BCUT2D eigenvalue weighted by Crippen LogP contribution is -2.37. The maximum absolute atomic E-state index is 12.6. The van der Waals surface area contributed by atoms with Gasteiger partial charge in [-0.25, -0.2) is 0 Å². The van der Waals surface area contributed by atoms with Gasteiger partial charge in [0.25, 0.3) is 0 Å². The molecule has 1 aromatic rings. The topological polar surface area (TPSA) is 97.7 Å². The van der Waals surface area contributed by atoms with Crippen LogP contribution in [0, 0.1) is 5.92 Å². The zero-order valence-corrected chi connectivity index (χ0v) is 18.3. The van der Waals surface area contributed by atoms with Crippen LogP contribution in [-0.2, 0) is 16.1 Å². The summed E-state index contributed by atoms with van der Waals surface area (Å²) in [6.45, 7) is 5.80. The molecule has 1 unspecified atom stereocenters. The number of hydrogen-bond acceptors (Lipinski definition) is 7. The first kappa shape index (κ1) is 25.1. The monoisotopic (exact) mass is 437 g/mol. The molecule has 1 saturated carbocycles. The smallest absolute Gasteiger partial charge is 0.240 e. The van der Waals surface area contributed by atoms with Gasteiger partial charge in [-0.15, -0.1) is 24.8 Å². The average Bonchev–Trinajstić information content (AvgIpc) is 3.18. The van der Waals surface area contributed by atoms with Gasteiger partial charge < -0.3 is 19.9 Å². The number of carbonyl (C=O) groups is 1. The molecule has 1 aromatic heterocycles. The van der Waals surface area contributed by atoms with Gasteiger partial charge in [-0.05, 0) is 32.1 Å². The molecule has 8 nitrogen and oxygen atoms in total. The Labute approximate surface area is 179 Å². The van der Waals surface area contributed by atoms with E-state index in [-0.39, 0.29) is 42.9 Å². The number of nitrogens with two attached hydrogens (primary N) is 1. The van der Waals surface area contributed by atoms with E-state index in [1.807, 2.05) is 11.8 Å². The van der Waals surface area contributed by atoms with Crippen molar-refractivity contribution in [1.29, 1.82) is 0 Å². The molecule has 0 bridgehead atoms. The number of aromatic nitrogens is 2. The lowest BCUT2D eigenvalue weighted by Gasteiger charge is -2.24. The van der Waals surface area contributed by atoms with Crippen LogP contribution in [0.1, 0.15) is 56.8 Å². The molecule has 1 aliphatic carbocycles. The molecule has 2 N–H and O–H groups in total. The van der Waals surface area contributed by atoms with Crippen molar-refractivity contribution in [2.24, 2.45) is 11.7 Å². The fourth-order valence-corrected chi connectivity index (χ4v) is 3.84. The molecule has 2 fully saturated rings. The first-order valence-electron chi connectivity index (χ1n) is 9.67. The molecular weight excluding hydrogens is 405 g/mol. The van der Waals surface area contributed by atoms with Crippen LogP contribution < -0.4 is 5.73 Å². The van der Waals surface area contributed by atoms with Crippen LogP contribution in [0.5, 0.6) is 0 Å². The summed E-state index contributed by atoms with van der Waals surface area (Å²) >= 11 is 0. The number of methoxy groups -OCH3 is 1. The fraction of sp³-hybridized carbons (Fsp3) is 0.833. The van der Waals surface area contributed by atoms with Crippen molar-refractivity contribution >= 4 is 30.7 Å². The number of ether oxygens (including phenoxy) is 1. The van der Waals surface area contributed by atoms with E-state index < -0.39 is 0 Å². The van der Waals surface area contributed by atoms with E-state index in [1.165, 1.54) is 0 Å². The van der Waals surface area contributed by atoms with E-state index in [4.69, 9.17) is 15.0 Å². The summed E-state index contributed by atoms with van der Waals surface area (Å²) in [5.74, 6) is 1.78. The number of halogens is 2. The molecule has 3 atom stereocenters. The third kappa shape index (κ3) is 6.56. The summed E-state index contributed by atoms with van der Waals surface area (Å²) in [7, 11) is 1.62. The first-order chi connectivity index (χ1) is 12.6. The van der Waals surface area contributed by atoms with Gasteiger partial charge in [-0.3, -0.25) is 9.69 Å². The molecule has 0 radical (unpaired) electrons. The van der Waals surface area contributed by atoms with Gasteiger partial charge in [0.15, 0.2) is 5.82 Å². The molecule has 0 spiro atoms. The fourth-order valence-electron chi connectivity index (χ4n) is 3.84. The summed E-state index contributed by atoms with van der Waals surface area (Å²) < 4.78 is 10.5. The molecule has 2 aliphatic rings. The van der Waals surface area contributed by atoms with E-state index in [0.717, 1.165) is 51.9 Å². The van der Waals surface area contributed by atoms with Gasteiger partial charge in [-0.2, -0.15) is 4.98 Å². The third-order valence-electron chi connectivity index (χ3n) is 5.66. The number of rotatable bonds is 6. The Morgan fingerprint density at radius 2 is 2.04 bits per heavy atom. The van der Waals surface area contributed by atoms with Crippen LogP contribution in [0.3, 0.4) is 0 Å². The summed E-state index contributed by atoms with van der Waals surface area (Å²) in [6.07, 6.45) is 4.68. The van der Waals surface area contributed by atoms with Crippen LogP contribution in [0.2, 0.25) is 0 Å². The predicted octanol–water partition coefficient (Wildman–Crippen LogP) is 2.17. The normalized spacial score (nSPS) is 24.2. The highest BCUT2D eigenvalue weighted by Gasteiger charge is 2.29. The highest BCUT2D eigenvalue weighted by Crippen LogP contribution is 2.27. The van der Waals surface area contributed by atoms with Crippen LogP contribution in [0.15, 0.2) is 4.52 Å². The Hall–Kier alpha value is -0.930. The van der Waals surface area contributed by atoms with E-state index in [1.54, 1.807) is 7.11 Å². The lowest BCUT2D eigenvalue weighted by atomic mass is 9.99. The lowest BCUT2D eigenvalue weighted by molar-refractivity contribution is -0.132. The van der Waals surface area contributed by atoms with E-state index >= 15 is 0 Å². The van der Waals surface area contributed by atoms with Gasteiger partial charge in [0.2, 0.25) is 11.8 Å². The molecule has 2 heterocycles. The highest BCUT2D eigenvalue weighted by molar-refractivity contribution is 5.85. The van der Waals surface area contributed by atoms with Crippen LogP contribution in [-0.4, -0.2) is 65.2 Å². The largest absolute Gasteiger partial charge is 0.374 e. The van der Waals surface area contributed by atoms with Crippen molar-refractivity contribution in [1.82, 2.24) is 19.9 Å². The summed E-state index contributed by atoms with van der Waals surface area (Å²) in [6, 6.07) is 0.198. The van der Waals surface area contributed by atoms with E-state index in [2.05, 4.69) is 15.0 Å². The van der Waals surface area contributed by atoms with Gasteiger partial charge in [0.1, 0.15) is 6.10 Å². The van der Waals surface area contributed by atoms with E-state index in [9.17, 15) is 4.79 Å². The highest BCUT2D eigenvalue weighted by atomic mass is 35.5. The minimum Gasteiger partial charge on any atom is -0.374 e. The molecule has 162 valence electrons. The zero-order chi connectivity index (χ0) is 18.5. The van der Waals surface area contributed by atoms with Gasteiger partial charge >= 0.3 is 0 Å². The Balaban J connectivity index is 0.00000196. The molecule has 1 amide bonds. The molecule has 1 aliphatic heterocycles. The SMILES string of the molecule is COC(C)c1noc(CN2CCCN(C(=O)C[C@@H]3CCC[C@H]3N)CC2)n1.Cl.Cl. The quantitative estimate of drug-likeness (QED) is 0.727. The Morgan fingerprint density at radius 3 is 2.71 bits per heavy atom. The van der Waals surface area contributed by atoms with Crippen molar-refractivity contribution in [3.8, 4) is 0 Å². The maximum atomic E-state index is 12.6. The average molecular weight is 438 g/mol. The van der Waals surface area contributed by atoms with Crippen molar-refractivity contribution in [3.63, 3.8) is 0 Å². The number of nitrogens with zero attached hydrogens (tertiary/aromatic N) is 4. The second-order valence-electron chi connectivity index (χ2n) is 7.49. The van der Waals surface area contributed by atoms with Crippen LogP contribution >= 0.6 is 24.8 Å². The van der Waals surface area contributed by atoms with Crippen molar-refractivity contribution in [3.05, 3.63) is 11.7 Å². The Kier molecular flexibility index (Phi) is 10.7. The van der Waals surface area contributed by atoms with Crippen LogP contribution in [0.4, 0.5) is 0 Å². The van der Waals surface area contributed by atoms with Gasteiger partial charge in [0.05, 0.1) is 6.54 Å². The Morgan fingerprint density at radius 1 is 1.25 bits per heavy atom. The number of amides is 1. The van der Waals surface area contributed by atoms with Crippen molar-refractivity contribution < 1.29 is 14.1 Å². The maximum Gasteiger partial charge on any atom is 0.240 e. The minimum atomic E-state index is -0.174.